The van der Waals surface area contributed by atoms with Gasteiger partial charge in [-0.25, -0.2) is 4.98 Å². The number of rotatable bonds is 5. The maximum absolute atomic E-state index is 5.53. The summed E-state index contributed by atoms with van der Waals surface area (Å²) in [7, 11) is 2.12. The van der Waals surface area contributed by atoms with E-state index in [2.05, 4.69) is 41.7 Å². The lowest BCUT2D eigenvalue weighted by Crippen LogP contribution is -2.19. The molecule has 3 nitrogen and oxygen atoms in total. The van der Waals surface area contributed by atoms with Gasteiger partial charge in [0.2, 0.25) is 0 Å². The molecule has 0 aliphatic carbocycles. The standard InChI is InChI=1S/C13H18N2OS/c1-10-14-12-5-4-11(8-13(12)16-10)9-15(2)6-3-7-17/h4-5,8,17H,3,6-7,9H2,1-2H3. The summed E-state index contributed by atoms with van der Waals surface area (Å²) in [6, 6.07) is 6.21. The minimum atomic E-state index is 0.723. The predicted molar refractivity (Wildman–Crippen MR) is 73.6 cm³/mol. The molecule has 1 aromatic heterocycles. The van der Waals surface area contributed by atoms with Crippen LogP contribution in [-0.4, -0.2) is 29.2 Å². The molecule has 0 spiro atoms. The fourth-order valence-corrected chi connectivity index (χ4v) is 2.06. The first kappa shape index (κ1) is 12.5. The Hall–Kier alpha value is -1.00. The number of aromatic nitrogens is 1. The predicted octanol–water partition coefficient (Wildman–Crippen LogP) is 2.89. The SMILES string of the molecule is Cc1nc2ccc(CN(C)CCCS)cc2o1. The summed E-state index contributed by atoms with van der Waals surface area (Å²) in [6.07, 6.45) is 1.11. The normalized spacial score (nSPS) is 11.5. The second kappa shape index (κ2) is 5.56. The average Bonchev–Trinajstić information content (AvgIpc) is 2.65. The molecular formula is C13H18N2OS. The van der Waals surface area contributed by atoms with Gasteiger partial charge in [0.1, 0.15) is 5.52 Å². The highest BCUT2D eigenvalue weighted by atomic mass is 32.1. The molecule has 0 atom stereocenters. The molecule has 1 aromatic carbocycles. The third-order valence-electron chi connectivity index (χ3n) is 2.71. The molecule has 2 rings (SSSR count). The summed E-state index contributed by atoms with van der Waals surface area (Å²) in [6.45, 7) is 3.87. The number of fused-ring (bicyclic) bond motifs is 1. The molecule has 0 unspecified atom stereocenters. The molecule has 0 aliphatic heterocycles. The number of benzene rings is 1. The zero-order valence-electron chi connectivity index (χ0n) is 10.3. The summed E-state index contributed by atoms with van der Waals surface area (Å²) in [4.78, 5) is 6.58. The third kappa shape index (κ3) is 3.23. The smallest absolute Gasteiger partial charge is 0.192 e. The van der Waals surface area contributed by atoms with Crippen molar-refractivity contribution < 1.29 is 4.42 Å². The maximum atomic E-state index is 5.53. The molecular weight excluding hydrogens is 232 g/mol. The maximum Gasteiger partial charge on any atom is 0.192 e. The van der Waals surface area contributed by atoms with E-state index >= 15 is 0 Å². The Labute approximate surface area is 107 Å². The first-order chi connectivity index (χ1) is 8.19. The fourth-order valence-electron chi connectivity index (χ4n) is 1.91. The van der Waals surface area contributed by atoms with Crippen LogP contribution in [0.1, 0.15) is 17.9 Å². The largest absolute Gasteiger partial charge is 0.441 e. The van der Waals surface area contributed by atoms with Crippen molar-refractivity contribution >= 4 is 23.7 Å². The van der Waals surface area contributed by atoms with E-state index < -0.39 is 0 Å². The molecule has 0 N–H and O–H groups in total. The monoisotopic (exact) mass is 250 g/mol. The van der Waals surface area contributed by atoms with E-state index in [1.54, 1.807) is 0 Å². The van der Waals surface area contributed by atoms with Gasteiger partial charge in [-0.2, -0.15) is 12.6 Å². The molecule has 0 radical (unpaired) electrons. The van der Waals surface area contributed by atoms with E-state index in [-0.39, 0.29) is 0 Å². The number of thiol groups is 1. The number of hydrogen-bond donors (Lipinski definition) is 1. The molecule has 17 heavy (non-hydrogen) atoms. The van der Waals surface area contributed by atoms with Crippen LogP contribution in [0, 0.1) is 6.92 Å². The van der Waals surface area contributed by atoms with Crippen molar-refractivity contribution in [2.45, 2.75) is 19.9 Å². The van der Waals surface area contributed by atoms with Crippen LogP contribution in [0.25, 0.3) is 11.1 Å². The van der Waals surface area contributed by atoms with E-state index in [1.165, 1.54) is 5.56 Å². The number of oxazole rings is 1. The Kier molecular flexibility index (Phi) is 4.07. The zero-order valence-corrected chi connectivity index (χ0v) is 11.2. The third-order valence-corrected chi connectivity index (χ3v) is 3.03. The summed E-state index contributed by atoms with van der Waals surface area (Å²) < 4.78 is 5.53. The van der Waals surface area contributed by atoms with Gasteiger partial charge in [0.05, 0.1) is 0 Å². The summed E-state index contributed by atoms with van der Waals surface area (Å²) in [5.74, 6) is 1.66. The second-order valence-corrected chi connectivity index (χ2v) is 4.80. The van der Waals surface area contributed by atoms with Crippen LogP contribution in [0.15, 0.2) is 22.6 Å². The number of aryl methyl sites for hydroxylation is 1. The van der Waals surface area contributed by atoms with Crippen molar-refractivity contribution in [3.05, 3.63) is 29.7 Å². The molecule has 0 saturated carbocycles. The Morgan fingerprint density at radius 2 is 2.24 bits per heavy atom. The fraction of sp³-hybridized carbons (Fsp3) is 0.462. The van der Waals surface area contributed by atoms with Crippen molar-refractivity contribution in [1.29, 1.82) is 0 Å². The zero-order chi connectivity index (χ0) is 12.3. The van der Waals surface area contributed by atoms with Crippen molar-refractivity contribution in [2.24, 2.45) is 0 Å². The van der Waals surface area contributed by atoms with Gasteiger partial charge in [0.25, 0.3) is 0 Å². The highest BCUT2D eigenvalue weighted by molar-refractivity contribution is 7.80. The molecule has 0 fully saturated rings. The first-order valence-corrected chi connectivity index (χ1v) is 6.48. The summed E-state index contributed by atoms with van der Waals surface area (Å²) in [5.41, 5.74) is 3.07. The first-order valence-electron chi connectivity index (χ1n) is 5.84. The number of nitrogens with zero attached hydrogens (tertiary/aromatic N) is 2. The topological polar surface area (TPSA) is 29.3 Å². The van der Waals surface area contributed by atoms with Gasteiger partial charge in [-0.05, 0) is 43.5 Å². The van der Waals surface area contributed by atoms with Crippen LogP contribution < -0.4 is 0 Å². The Morgan fingerprint density at radius 1 is 1.41 bits per heavy atom. The Morgan fingerprint density at radius 3 is 3.00 bits per heavy atom. The summed E-state index contributed by atoms with van der Waals surface area (Å²) >= 11 is 4.22. The Balaban J connectivity index is 2.08. The van der Waals surface area contributed by atoms with Crippen molar-refractivity contribution in [1.82, 2.24) is 9.88 Å². The second-order valence-electron chi connectivity index (χ2n) is 4.35. The van der Waals surface area contributed by atoms with Gasteiger partial charge in [0.15, 0.2) is 11.5 Å². The van der Waals surface area contributed by atoms with Gasteiger partial charge in [-0.3, -0.25) is 0 Å². The van der Waals surface area contributed by atoms with E-state index in [0.29, 0.717) is 0 Å². The highest BCUT2D eigenvalue weighted by Gasteiger charge is 2.05. The van der Waals surface area contributed by atoms with E-state index in [1.807, 2.05) is 13.0 Å². The van der Waals surface area contributed by atoms with Crippen LogP contribution in [0.2, 0.25) is 0 Å². The van der Waals surface area contributed by atoms with E-state index in [9.17, 15) is 0 Å². The van der Waals surface area contributed by atoms with Crippen molar-refractivity contribution in [3.63, 3.8) is 0 Å². The molecule has 0 amide bonds. The minimum absolute atomic E-state index is 0.723. The molecule has 4 heteroatoms. The summed E-state index contributed by atoms with van der Waals surface area (Å²) in [5, 5.41) is 0. The molecule has 1 heterocycles. The minimum Gasteiger partial charge on any atom is -0.441 e. The van der Waals surface area contributed by atoms with Gasteiger partial charge < -0.3 is 9.32 Å². The van der Waals surface area contributed by atoms with Crippen molar-refractivity contribution in [2.75, 3.05) is 19.3 Å². The van der Waals surface area contributed by atoms with Gasteiger partial charge in [0, 0.05) is 13.5 Å². The van der Waals surface area contributed by atoms with E-state index in [4.69, 9.17) is 4.42 Å². The van der Waals surface area contributed by atoms with Gasteiger partial charge >= 0.3 is 0 Å². The van der Waals surface area contributed by atoms with Crippen molar-refractivity contribution in [3.8, 4) is 0 Å². The van der Waals surface area contributed by atoms with Crippen LogP contribution >= 0.6 is 12.6 Å². The lowest BCUT2D eigenvalue weighted by Gasteiger charge is -2.15. The highest BCUT2D eigenvalue weighted by Crippen LogP contribution is 2.17. The van der Waals surface area contributed by atoms with Gasteiger partial charge in [-0.15, -0.1) is 0 Å². The van der Waals surface area contributed by atoms with E-state index in [0.717, 1.165) is 42.3 Å². The van der Waals surface area contributed by atoms with Crippen LogP contribution in [0.4, 0.5) is 0 Å². The Bertz CT molecular complexity index is 495. The molecule has 0 saturated heterocycles. The lowest BCUT2D eigenvalue weighted by atomic mass is 10.2. The molecule has 92 valence electrons. The van der Waals surface area contributed by atoms with Crippen LogP contribution in [0.3, 0.4) is 0 Å². The molecule has 0 aliphatic rings. The molecule has 0 bridgehead atoms. The van der Waals surface area contributed by atoms with Gasteiger partial charge in [-0.1, -0.05) is 6.07 Å². The average molecular weight is 250 g/mol. The number of hydrogen-bond acceptors (Lipinski definition) is 4. The van der Waals surface area contributed by atoms with Crippen LogP contribution in [-0.2, 0) is 6.54 Å². The van der Waals surface area contributed by atoms with Crippen LogP contribution in [0.5, 0.6) is 0 Å². The molecule has 2 aromatic rings. The lowest BCUT2D eigenvalue weighted by molar-refractivity contribution is 0.328. The quantitative estimate of drug-likeness (QED) is 0.827.